The molecule has 4 aromatic rings. The zero-order valence-electron chi connectivity index (χ0n) is 17.3. The van der Waals surface area contributed by atoms with Crippen molar-refractivity contribution in [3.05, 3.63) is 83.8 Å². The van der Waals surface area contributed by atoms with Crippen molar-refractivity contribution in [3.63, 3.8) is 0 Å². The lowest BCUT2D eigenvalue weighted by atomic mass is 10.1. The maximum atomic E-state index is 14.6. The van der Waals surface area contributed by atoms with Gasteiger partial charge >= 0.3 is 0 Å². The Balaban J connectivity index is 1.46. The number of ether oxygens (including phenoxy) is 1. The summed E-state index contributed by atoms with van der Waals surface area (Å²) in [7, 11) is 0. The number of pyridine rings is 1. The quantitative estimate of drug-likeness (QED) is 0.516. The Labute approximate surface area is 182 Å². The van der Waals surface area contributed by atoms with Crippen molar-refractivity contribution in [2.24, 2.45) is 0 Å². The molecule has 0 radical (unpaired) electrons. The lowest BCUT2D eigenvalue weighted by Crippen LogP contribution is -2.13. The zero-order valence-corrected chi connectivity index (χ0v) is 17.3. The highest BCUT2D eigenvalue weighted by Gasteiger charge is 2.17. The summed E-state index contributed by atoms with van der Waals surface area (Å²) < 4.78 is 26.6. The molecule has 3 aromatic heterocycles. The third-order valence-corrected chi connectivity index (χ3v) is 5.00. The smallest absolute Gasteiger partial charge is 0.293 e. The van der Waals surface area contributed by atoms with E-state index in [1.807, 2.05) is 18.2 Å². The predicted octanol–water partition coefficient (Wildman–Crippen LogP) is 4.34. The maximum absolute atomic E-state index is 14.6. The molecule has 1 amide bonds. The standard InChI is InChI=1S/C23H18FN5O3/c1-13-21(32-14(2)26-13)23(30)27-18-3-4-19(24)20(10-18)29-12-17-9-16(11-25-22(17)28-29)15-5-7-31-8-6-15/h3-7,9-12H,8H2,1-2H3,(H,27,30). The Kier molecular flexibility index (Phi) is 4.78. The Morgan fingerprint density at radius 2 is 2.12 bits per heavy atom. The van der Waals surface area contributed by atoms with Crippen molar-refractivity contribution in [2.75, 3.05) is 11.9 Å². The van der Waals surface area contributed by atoms with Gasteiger partial charge in [-0.1, -0.05) is 0 Å². The number of fused-ring (bicyclic) bond motifs is 1. The number of nitrogens with zero attached hydrogens (tertiary/aromatic N) is 4. The second-order valence-electron chi connectivity index (χ2n) is 7.27. The van der Waals surface area contributed by atoms with Crippen LogP contribution in [0.5, 0.6) is 0 Å². The fourth-order valence-corrected chi connectivity index (χ4v) is 3.49. The second-order valence-corrected chi connectivity index (χ2v) is 7.27. The van der Waals surface area contributed by atoms with Crippen molar-refractivity contribution >= 4 is 28.2 Å². The number of anilines is 1. The van der Waals surface area contributed by atoms with E-state index in [2.05, 4.69) is 20.4 Å². The Hall–Kier alpha value is -4.27. The molecule has 4 heterocycles. The van der Waals surface area contributed by atoms with Gasteiger partial charge in [0.1, 0.15) is 18.1 Å². The topological polar surface area (TPSA) is 95.1 Å². The molecule has 1 aromatic carbocycles. The van der Waals surface area contributed by atoms with Gasteiger partial charge in [0.15, 0.2) is 11.5 Å². The molecule has 1 aliphatic heterocycles. The summed E-state index contributed by atoms with van der Waals surface area (Å²) in [4.78, 5) is 21.0. The zero-order chi connectivity index (χ0) is 22.2. The van der Waals surface area contributed by atoms with Crippen molar-refractivity contribution in [1.29, 1.82) is 0 Å². The van der Waals surface area contributed by atoms with Gasteiger partial charge in [0.05, 0.1) is 12.0 Å². The molecular weight excluding hydrogens is 413 g/mol. The average molecular weight is 431 g/mol. The lowest BCUT2D eigenvalue weighted by molar-refractivity contribution is 0.0994. The molecule has 0 bridgehead atoms. The number of hydrogen-bond acceptors (Lipinski definition) is 6. The first-order valence-corrected chi connectivity index (χ1v) is 9.87. The third-order valence-electron chi connectivity index (χ3n) is 5.00. The number of aromatic nitrogens is 4. The van der Waals surface area contributed by atoms with Crippen LogP contribution in [0.1, 0.15) is 27.7 Å². The number of hydrogen-bond donors (Lipinski definition) is 1. The van der Waals surface area contributed by atoms with Crippen LogP contribution in [0.25, 0.3) is 22.3 Å². The summed E-state index contributed by atoms with van der Waals surface area (Å²) in [6, 6.07) is 6.18. The molecule has 0 atom stereocenters. The van der Waals surface area contributed by atoms with Crippen LogP contribution in [-0.4, -0.2) is 32.3 Å². The lowest BCUT2D eigenvalue weighted by Gasteiger charge is -2.08. The van der Waals surface area contributed by atoms with Crippen molar-refractivity contribution in [1.82, 2.24) is 19.7 Å². The second kappa shape index (κ2) is 7.77. The van der Waals surface area contributed by atoms with E-state index in [0.29, 0.717) is 29.5 Å². The monoisotopic (exact) mass is 431 g/mol. The molecule has 1 aliphatic rings. The highest BCUT2D eigenvalue weighted by Crippen LogP contribution is 2.25. The van der Waals surface area contributed by atoms with Gasteiger partial charge in [-0.2, -0.15) is 0 Å². The number of oxazole rings is 1. The van der Waals surface area contributed by atoms with Crippen LogP contribution < -0.4 is 5.32 Å². The van der Waals surface area contributed by atoms with Crippen LogP contribution in [-0.2, 0) is 4.74 Å². The van der Waals surface area contributed by atoms with Crippen LogP contribution in [0.2, 0.25) is 0 Å². The van der Waals surface area contributed by atoms with Crippen LogP contribution in [0, 0.1) is 19.7 Å². The van der Waals surface area contributed by atoms with Crippen molar-refractivity contribution in [3.8, 4) is 5.69 Å². The number of allylic oxidation sites excluding steroid dienone is 2. The Morgan fingerprint density at radius 1 is 1.25 bits per heavy atom. The van der Waals surface area contributed by atoms with E-state index in [4.69, 9.17) is 9.15 Å². The summed E-state index contributed by atoms with van der Waals surface area (Å²) in [5.74, 6) is -0.436. The summed E-state index contributed by atoms with van der Waals surface area (Å²) in [5.41, 5.74) is 3.44. The number of amides is 1. The fourth-order valence-electron chi connectivity index (χ4n) is 3.49. The maximum Gasteiger partial charge on any atom is 0.293 e. The molecule has 160 valence electrons. The first-order valence-electron chi connectivity index (χ1n) is 9.87. The largest absolute Gasteiger partial charge is 0.497 e. The number of halogens is 1. The van der Waals surface area contributed by atoms with Gasteiger partial charge in [-0.25, -0.2) is 19.0 Å². The molecule has 1 N–H and O–H groups in total. The average Bonchev–Trinajstić information content (AvgIpc) is 3.37. The Morgan fingerprint density at radius 3 is 2.88 bits per heavy atom. The van der Waals surface area contributed by atoms with Crippen LogP contribution in [0.4, 0.5) is 10.1 Å². The van der Waals surface area contributed by atoms with Gasteiger partial charge in [0, 0.05) is 36.0 Å². The molecule has 0 saturated carbocycles. The highest BCUT2D eigenvalue weighted by atomic mass is 19.1. The molecule has 0 spiro atoms. The minimum Gasteiger partial charge on any atom is -0.497 e. The summed E-state index contributed by atoms with van der Waals surface area (Å²) >= 11 is 0. The van der Waals surface area contributed by atoms with E-state index >= 15 is 0 Å². The van der Waals surface area contributed by atoms with Crippen molar-refractivity contribution < 1.29 is 18.3 Å². The van der Waals surface area contributed by atoms with E-state index in [9.17, 15) is 9.18 Å². The Bertz CT molecular complexity index is 1420. The molecule has 8 nitrogen and oxygen atoms in total. The van der Waals surface area contributed by atoms with E-state index in [-0.39, 0.29) is 11.4 Å². The number of rotatable bonds is 4. The molecule has 0 saturated heterocycles. The van der Waals surface area contributed by atoms with Gasteiger partial charge in [-0.05, 0) is 48.9 Å². The van der Waals surface area contributed by atoms with Gasteiger partial charge in [-0.15, -0.1) is 5.10 Å². The van der Waals surface area contributed by atoms with Gasteiger partial charge in [0.25, 0.3) is 5.91 Å². The number of carbonyl (C=O) groups is 1. The minimum absolute atomic E-state index is 0.117. The van der Waals surface area contributed by atoms with Gasteiger partial charge < -0.3 is 14.5 Å². The van der Waals surface area contributed by atoms with Gasteiger partial charge in [0.2, 0.25) is 5.76 Å². The molecule has 32 heavy (non-hydrogen) atoms. The molecular formula is C23H18FN5O3. The highest BCUT2D eigenvalue weighted by molar-refractivity contribution is 6.03. The summed E-state index contributed by atoms with van der Waals surface area (Å²) in [6.07, 6.45) is 8.87. The van der Waals surface area contributed by atoms with Gasteiger partial charge in [-0.3, -0.25) is 4.79 Å². The number of benzene rings is 1. The van der Waals surface area contributed by atoms with E-state index in [1.165, 1.54) is 22.9 Å². The van der Waals surface area contributed by atoms with Crippen LogP contribution in [0.3, 0.4) is 0 Å². The molecule has 0 aliphatic carbocycles. The van der Waals surface area contributed by atoms with Crippen LogP contribution in [0.15, 0.2) is 59.5 Å². The molecule has 0 unspecified atom stereocenters. The molecule has 5 rings (SSSR count). The normalized spacial score (nSPS) is 13.2. The molecule has 9 heteroatoms. The third kappa shape index (κ3) is 3.64. The van der Waals surface area contributed by atoms with Crippen molar-refractivity contribution in [2.45, 2.75) is 13.8 Å². The number of nitrogens with one attached hydrogen (secondary N) is 1. The fraction of sp³-hybridized carbons (Fsp3) is 0.130. The SMILES string of the molecule is Cc1nc(C)c(C(=O)Nc2ccc(F)c(-n3cc4cc(C5=CCOC=C5)cnc4n3)c2)o1. The summed E-state index contributed by atoms with van der Waals surface area (Å²) in [5, 5.41) is 7.86. The van der Waals surface area contributed by atoms with E-state index in [0.717, 1.165) is 16.5 Å². The first kappa shape index (κ1) is 19.7. The minimum atomic E-state index is -0.488. The number of aryl methyl sites for hydroxylation is 2. The first-order chi connectivity index (χ1) is 15.5. The van der Waals surface area contributed by atoms with E-state index < -0.39 is 11.7 Å². The summed E-state index contributed by atoms with van der Waals surface area (Å²) in [6.45, 7) is 3.85. The number of carbonyl (C=O) groups excluding carboxylic acids is 1. The van der Waals surface area contributed by atoms with Crippen LogP contribution >= 0.6 is 0 Å². The van der Waals surface area contributed by atoms with E-state index in [1.54, 1.807) is 32.5 Å². The molecule has 0 fully saturated rings. The predicted molar refractivity (Wildman–Crippen MR) is 116 cm³/mol.